The fourth-order valence-electron chi connectivity index (χ4n) is 1.32. The van der Waals surface area contributed by atoms with Crippen LogP contribution in [0.15, 0.2) is 24.5 Å². The Morgan fingerprint density at radius 3 is 3.06 bits per heavy atom. The quantitative estimate of drug-likeness (QED) is 0.832. The van der Waals surface area contributed by atoms with Crippen molar-refractivity contribution in [1.29, 1.82) is 0 Å². The molecule has 2 aromatic heterocycles. The van der Waals surface area contributed by atoms with E-state index < -0.39 is 0 Å². The Labute approximate surface area is 118 Å². The van der Waals surface area contributed by atoms with Crippen LogP contribution in [-0.4, -0.2) is 16.6 Å². The molecule has 0 unspecified atom stereocenters. The number of hydrogen-bond acceptors (Lipinski definition) is 5. The lowest BCUT2D eigenvalue weighted by Crippen LogP contribution is -2.03. The highest BCUT2D eigenvalue weighted by atomic mass is 127. The SMILES string of the molecule is CCOc1ncccc1NCc1ncc(I)s1. The second-order valence-corrected chi connectivity index (χ2v) is 6.21. The molecular formula is C11H12IN3OS. The van der Waals surface area contributed by atoms with Gasteiger partial charge in [0.2, 0.25) is 5.88 Å². The van der Waals surface area contributed by atoms with Gasteiger partial charge in [-0.25, -0.2) is 9.97 Å². The zero-order valence-electron chi connectivity index (χ0n) is 9.31. The highest BCUT2D eigenvalue weighted by Gasteiger charge is 2.05. The van der Waals surface area contributed by atoms with Gasteiger partial charge in [0.25, 0.3) is 0 Å². The van der Waals surface area contributed by atoms with Crippen LogP contribution in [0.4, 0.5) is 5.69 Å². The number of ether oxygens (including phenoxy) is 1. The van der Waals surface area contributed by atoms with Crippen molar-refractivity contribution < 1.29 is 4.74 Å². The molecule has 0 aliphatic rings. The molecule has 2 rings (SSSR count). The molecule has 0 radical (unpaired) electrons. The number of rotatable bonds is 5. The summed E-state index contributed by atoms with van der Waals surface area (Å²) >= 11 is 3.94. The minimum Gasteiger partial charge on any atom is -0.476 e. The van der Waals surface area contributed by atoms with E-state index in [1.165, 1.54) is 2.88 Å². The number of thiazole rings is 1. The van der Waals surface area contributed by atoms with Gasteiger partial charge in [-0.2, -0.15) is 0 Å². The molecule has 4 nitrogen and oxygen atoms in total. The summed E-state index contributed by atoms with van der Waals surface area (Å²) in [4.78, 5) is 8.48. The van der Waals surface area contributed by atoms with Crippen LogP contribution < -0.4 is 10.1 Å². The summed E-state index contributed by atoms with van der Waals surface area (Å²) in [5.74, 6) is 0.640. The summed E-state index contributed by atoms with van der Waals surface area (Å²) in [7, 11) is 0. The highest BCUT2D eigenvalue weighted by molar-refractivity contribution is 14.1. The number of nitrogens with one attached hydrogen (secondary N) is 1. The van der Waals surface area contributed by atoms with Crippen LogP contribution in [0.1, 0.15) is 11.9 Å². The summed E-state index contributed by atoms with van der Waals surface area (Å²) in [6.07, 6.45) is 3.59. The van der Waals surface area contributed by atoms with Crippen molar-refractivity contribution in [2.45, 2.75) is 13.5 Å². The van der Waals surface area contributed by atoms with Crippen molar-refractivity contribution in [3.63, 3.8) is 0 Å². The van der Waals surface area contributed by atoms with Gasteiger partial charge in [0.15, 0.2) is 0 Å². The molecule has 0 aromatic carbocycles. The topological polar surface area (TPSA) is 47.0 Å². The van der Waals surface area contributed by atoms with Crippen LogP contribution in [-0.2, 0) is 6.54 Å². The standard InChI is InChI=1S/C11H12IN3OS/c1-2-16-11-8(4-3-5-13-11)14-7-10-15-6-9(12)17-10/h3-6,14H,2,7H2,1H3. The molecular weight excluding hydrogens is 349 g/mol. The zero-order valence-corrected chi connectivity index (χ0v) is 12.3. The molecule has 0 saturated carbocycles. The first-order valence-corrected chi connectivity index (χ1v) is 7.11. The molecule has 0 bridgehead atoms. The molecule has 6 heteroatoms. The first kappa shape index (κ1) is 12.6. The smallest absolute Gasteiger partial charge is 0.237 e. The largest absolute Gasteiger partial charge is 0.476 e. The number of pyridine rings is 1. The first-order chi connectivity index (χ1) is 8.29. The van der Waals surface area contributed by atoms with Gasteiger partial charge in [-0.3, -0.25) is 0 Å². The van der Waals surface area contributed by atoms with Crippen molar-refractivity contribution in [1.82, 2.24) is 9.97 Å². The summed E-state index contributed by atoms with van der Waals surface area (Å²) in [5.41, 5.74) is 0.902. The van der Waals surface area contributed by atoms with Gasteiger partial charge in [-0.05, 0) is 41.6 Å². The molecule has 1 N–H and O–H groups in total. The lowest BCUT2D eigenvalue weighted by Gasteiger charge is -2.09. The van der Waals surface area contributed by atoms with Crippen LogP contribution in [0.3, 0.4) is 0 Å². The summed E-state index contributed by atoms with van der Waals surface area (Å²) in [6.45, 7) is 3.25. The van der Waals surface area contributed by atoms with Crippen molar-refractivity contribution >= 4 is 39.6 Å². The van der Waals surface area contributed by atoms with Crippen molar-refractivity contribution in [2.24, 2.45) is 0 Å². The average Bonchev–Trinajstić information content (AvgIpc) is 2.74. The Morgan fingerprint density at radius 2 is 2.35 bits per heavy atom. The van der Waals surface area contributed by atoms with Gasteiger partial charge < -0.3 is 10.1 Å². The molecule has 0 fully saturated rings. The fourth-order valence-corrected chi connectivity index (χ4v) is 2.80. The number of anilines is 1. The minimum absolute atomic E-state index is 0.612. The van der Waals surface area contributed by atoms with Crippen LogP contribution >= 0.6 is 33.9 Å². The molecule has 0 aliphatic carbocycles. The normalized spacial score (nSPS) is 10.2. The second kappa shape index (κ2) is 6.15. The van der Waals surface area contributed by atoms with Gasteiger partial charge >= 0.3 is 0 Å². The third-order valence-electron chi connectivity index (χ3n) is 2.01. The molecule has 0 aliphatic heterocycles. The third-order valence-corrected chi connectivity index (χ3v) is 3.73. The molecule has 0 atom stereocenters. The van der Waals surface area contributed by atoms with Crippen LogP contribution in [0.5, 0.6) is 5.88 Å². The van der Waals surface area contributed by atoms with E-state index in [1.54, 1.807) is 17.5 Å². The van der Waals surface area contributed by atoms with Gasteiger partial charge in [0, 0.05) is 6.20 Å². The predicted octanol–water partition coefficient (Wildman–Crippen LogP) is 3.15. The predicted molar refractivity (Wildman–Crippen MR) is 77.6 cm³/mol. The lowest BCUT2D eigenvalue weighted by molar-refractivity contribution is 0.328. The lowest BCUT2D eigenvalue weighted by atomic mass is 10.4. The molecule has 0 amide bonds. The van der Waals surface area contributed by atoms with Crippen molar-refractivity contribution in [3.8, 4) is 5.88 Å². The van der Waals surface area contributed by atoms with E-state index in [0.29, 0.717) is 19.0 Å². The first-order valence-electron chi connectivity index (χ1n) is 5.21. The summed E-state index contributed by atoms with van der Waals surface area (Å²) < 4.78 is 6.63. The Kier molecular flexibility index (Phi) is 4.55. The van der Waals surface area contributed by atoms with E-state index in [2.05, 4.69) is 37.9 Å². The minimum atomic E-state index is 0.612. The molecule has 90 valence electrons. The van der Waals surface area contributed by atoms with Gasteiger partial charge in [-0.1, -0.05) is 0 Å². The number of hydrogen-bond donors (Lipinski definition) is 1. The Balaban J connectivity index is 2.03. The number of aromatic nitrogens is 2. The van der Waals surface area contributed by atoms with E-state index in [0.717, 1.165) is 10.7 Å². The fraction of sp³-hybridized carbons (Fsp3) is 0.273. The maximum absolute atomic E-state index is 5.44. The number of halogens is 1. The maximum Gasteiger partial charge on any atom is 0.237 e. The van der Waals surface area contributed by atoms with E-state index in [4.69, 9.17) is 4.74 Å². The van der Waals surface area contributed by atoms with Crippen LogP contribution in [0, 0.1) is 2.88 Å². The highest BCUT2D eigenvalue weighted by Crippen LogP contribution is 2.22. The maximum atomic E-state index is 5.44. The number of nitrogens with zero attached hydrogens (tertiary/aromatic N) is 2. The van der Waals surface area contributed by atoms with Gasteiger partial charge in [0.1, 0.15) is 5.01 Å². The molecule has 17 heavy (non-hydrogen) atoms. The van der Waals surface area contributed by atoms with Crippen LogP contribution in [0.2, 0.25) is 0 Å². The van der Waals surface area contributed by atoms with E-state index in [-0.39, 0.29) is 0 Å². The van der Waals surface area contributed by atoms with Gasteiger partial charge in [-0.15, -0.1) is 11.3 Å². The van der Waals surface area contributed by atoms with Crippen molar-refractivity contribution in [2.75, 3.05) is 11.9 Å². The zero-order chi connectivity index (χ0) is 12.1. The van der Waals surface area contributed by atoms with Crippen molar-refractivity contribution in [3.05, 3.63) is 32.4 Å². The van der Waals surface area contributed by atoms with Crippen LogP contribution in [0.25, 0.3) is 0 Å². The van der Waals surface area contributed by atoms with E-state index in [9.17, 15) is 0 Å². The Bertz CT molecular complexity index is 489. The molecule has 2 heterocycles. The third kappa shape index (κ3) is 3.53. The van der Waals surface area contributed by atoms with E-state index in [1.807, 2.05) is 25.3 Å². The Morgan fingerprint density at radius 1 is 1.47 bits per heavy atom. The second-order valence-electron chi connectivity index (χ2n) is 3.20. The van der Waals surface area contributed by atoms with E-state index >= 15 is 0 Å². The molecule has 2 aromatic rings. The molecule has 0 spiro atoms. The van der Waals surface area contributed by atoms with Gasteiger partial charge in [0.05, 0.1) is 27.9 Å². The Hall–Kier alpha value is -0.890. The monoisotopic (exact) mass is 361 g/mol. The summed E-state index contributed by atoms with van der Waals surface area (Å²) in [5, 5.41) is 4.34. The summed E-state index contributed by atoms with van der Waals surface area (Å²) in [6, 6.07) is 3.84. The average molecular weight is 361 g/mol. The molecule has 0 saturated heterocycles.